The van der Waals surface area contributed by atoms with Gasteiger partial charge >= 0.3 is 5.97 Å². The number of carbonyl (C=O) groups is 2. The summed E-state index contributed by atoms with van der Waals surface area (Å²) in [5, 5.41) is 2.63. The van der Waals surface area contributed by atoms with E-state index in [0.29, 0.717) is 6.42 Å². The SMILES string of the molecule is COC(=O)c1ccc(F)c(NCC(=O)N(C)C2CCS(=O)(=O)C2)c1. The summed E-state index contributed by atoms with van der Waals surface area (Å²) in [4.78, 5) is 25.0. The van der Waals surface area contributed by atoms with Gasteiger partial charge in [-0.05, 0) is 24.6 Å². The van der Waals surface area contributed by atoms with Crippen molar-refractivity contribution in [1.29, 1.82) is 0 Å². The van der Waals surface area contributed by atoms with Gasteiger partial charge < -0.3 is 15.0 Å². The zero-order chi connectivity index (χ0) is 17.9. The first-order valence-electron chi connectivity index (χ1n) is 7.31. The van der Waals surface area contributed by atoms with Crippen LogP contribution in [0.15, 0.2) is 18.2 Å². The van der Waals surface area contributed by atoms with E-state index in [-0.39, 0.29) is 41.3 Å². The molecule has 1 fully saturated rings. The number of nitrogens with one attached hydrogen (secondary N) is 1. The van der Waals surface area contributed by atoms with Gasteiger partial charge in [0.2, 0.25) is 5.91 Å². The van der Waals surface area contributed by atoms with Crippen LogP contribution in [0, 0.1) is 5.82 Å². The molecule has 1 N–H and O–H groups in total. The minimum atomic E-state index is -3.09. The average molecular weight is 358 g/mol. The third-order valence-corrected chi connectivity index (χ3v) is 5.72. The molecule has 24 heavy (non-hydrogen) atoms. The molecule has 1 unspecified atom stereocenters. The number of halogens is 1. The molecular formula is C15H19FN2O5S. The minimum absolute atomic E-state index is 0.00121. The highest BCUT2D eigenvalue weighted by Crippen LogP contribution is 2.18. The van der Waals surface area contributed by atoms with Crippen LogP contribution in [0.1, 0.15) is 16.8 Å². The van der Waals surface area contributed by atoms with Crippen molar-refractivity contribution < 1.29 is 27.1 Å². The number of amides is 1. The number of carbonyl (C=O) groups excluding carboxylic acids is 2. The molecule has 1 heterocycles. The van der Waals surface area contributed by atoms with Crippen molar-refractivity contribution in [2.24, 2.45) is 0 Å². The predicted octanol–water partition coefficient (Wildman–Crippen LogP) is 0.670. The van der Waals surface area contributed by atoms with Crippen LogP contribution in [-0.2, 0) is 19.4 Å². The molecule has 1 aromatic rings. The predicted molar refractivity (Wildman–Crippen MR) is 86.1 cm³/mol. The Hall–Kier alpha value is -2.16. The lowest BCUT2D eigenvalue weighted by atomic mass is 10.2. The first kappa shape index (κ1) is 18.2. The van der Waals surface area contributed by atoms with E-state index in [2.05, 4.69) is 10.1 Å². The first-order valence-corrected chi connectivity index (χ1v) is 9.13. The van der Waals surface area contributed by atoms with Crippen LogP contribution in [0.3, 0.4) is 0 Å². The molecule has 0 aromatic heterocycles. The molecule has 0 saturated carbocycles. The van der Waals surface area contributed by atoms with E-state index in [1.807, 2.05) is 0 Å². The minimum Gasteiger partial charge on any atom is -0.465 e. The number of esters is 1. The van der Waals surface area contributed by atoms with Crippen LogP contribution < -0.4 is 5.32 Å². The Morgan fingerprint density at radius 3 is 2.71 bits per heavy atom. The molecule has 1 aromatic carbocycles. The molecule has 1 aliphatic heterocycles. The Balaban J connectivity index is 2.00. The zero-order valence-corrected chi connectivity index (χ0v) is 14.2. The number of benzene rings is 1. The van der Waals surface area contributed by atoms with E-state index in [0.717, 1.165) is 6.07 Å². The molecule has 9 heteroatoms. The Morgan fingerprint density at radius 1 is 1.42 bits per heavy atom. The maximum absolute atomic E-state index is 13.8. The molecule has 1 atom stereocenters. The summed E-state index contributed by atoms with van der Waals surface area (Å²) in [6, 6.07) is 3.28. The van der Waals surface area contributed by atoms with Gasteiger partial charge in [0.1, 0.15) is 5.82 Å². The molecule has 132 valence electrons. The second kappa shape index (κ2) is 7.16. The molecule has 0 aliphatic carbocycles. The van der Waals surface area contributed by atoms with Crippen molar-refractivity contribution in [3.63, 3.8) is 0 Å². The van der Waals surface area contributed by atoms with Crippen LogP contribution in [0.4, 0.5) is 10.1 Å². The highest BCUT2D eigenvalue weighted by Gasteiger charge is 2.32. The molecular weight excluding hydrogens is 339 g/mol. The van der Waals surface area contributed by atoms with Crippen LogP contribution in [0.5, 0.6) is 0 Å². The van der Waals surface area contributed by atoms with Crippen LogP contribution in [0.25, 0.3) is 0 Å². The molecule has 1 saturated heterocycles. The van der Waals surface area contributed by atoms with Crippen molar-refractivity contribution in [3.8, 4) is 0 Å². The Bertz CT molecular complexity index is 750. The van der Waals surface area contributed by atoms with Gasteiger partial charge in [-0.25, -0.2) is 17.6 Å². The van der Waals surface area contributed by atoms with Gasteiger partial charge in [-0.1, -0.05) is 0 Å². The largest absolute Gasteiger partial charge is 0.465 e. The molecule has 1 aliphatic rings. The smallest absolute Gasteiger partial charge is 0.337 e. The van der Waals surface area contributed by atoms with Crippen LogP contribution >= 0.6 is 0 Å². The number of hydrogen-bond donors (Lipinski definition) is 1. The molecule has 7 nitrogen and oxygen atoms in total. The van der Waals surface area contributed by atoms with Crippen molar-refractivity contribution in [2.75, 3.05) is 37.5 Å². The van der Waals surface area contributed by atoms with Gasteiger partial charge in [0, 0.05) is 13.1 Å². The average Bonchev–Trinajstić information content (AvgIpc) is 2.92. The van der Waals surface area contributed by atoms with Crippen LogP contribution in [-0.4, -0.2) is 63.4 Å². The van der Waals surface area contributed by atoms with Gasteiger partial charge in [-0.15, -0.1) is 0 Å². The fourth-order valence-corrected chi connectivity index (χ4v) is 4.26. The quantitative estimate of drug-likeness (QED) is 0.778. The summed E-state index contributed by atoms with van der Waals surface area (Å²) in [5.74, 6) is -1.57. The summed E-state index contributed by atoms with van der Waals surface area (Å²) in [6.07, 6.45) is 0.400. The van der Waals surface area contributed by atoms with E-state index < -0.39 is 21.6 Å². The fraction of sp³-hybridized carbons (Fsp3) is 0.467. The topological polar surface area (TPSA) is 92.8 Å². The third kappa shape index (κ3) is 4.22. The van der Waals surface area contributed by atoms with Crippen molar-refractivity contribution in [1.82, 2.24) is 4.90 Å². The van der Waals surface area contributed by atoms with Crippen molar-refractivity contribution in [2.45, 2.75) is 12.5 Å². The molecule has 0 spiro atoms. The first-order chi connectivity index (χ1) is 11.2. The lowest BCUT2D eigenvalue weighted by Gasteiger charge is -2.23. The monoisotopic (exact) mass is 358 g/mol. The standard InChI is InChI=1S/C15H19FN2O5S/c1-18(11-5-6-24(21,22)9-11)14(19)8-17-13-7-10(15(20)23-2)3-4-12(13)16/h3-4,7,11,17H,5-6,8-9H2,1-2H3. The van der Waals surface area contributed by atoms with E-state index in [1.54, 1.807) is 0 Å². The molecule has 0 bridgehead atoms. The van der Waals surface area contributed by atoms with Crippen LogP contribution in [0.2, 0.25) is 0 Å². The number of hydrogen-bond acceptors (Lipinski definition) is 6. The number of anilines is 1. The Labute approximate surface area is 139 Å². The number of methoxy groups -OCH3 is 1. The van der Waals surface area contributed by atoms with Gasteiger partial charge in [-0.3, -0.25) is 4.79 Å². The summed E-state index contributed by atoms with van der Waals surface area (Å²) >= 11 is 0. The highest BCUT2D eigenvalue weighted by molar-refractivity contribution is 7.91. The second-order valence-electron chi connectivity index (χ2n) is 5.60. The van der Waals surface area contributed by atoms with Crippen molar-refractivity contribution in [3.05, 3.63) is 29.6 Å². The Kier molecular flexibility index (Phi) is 5.43. The number of rotatable bonds is 5. The third-order valence-electron chi connectivity index (χ3n) is 3.97. The lowest BCUT2D eigenvalue weighted by Crippen LogP contribution is -2.41. The fourth-order valence-electron chi connectivity index (χ4n) is 2.49. The number of sulfone groups is 1. The van der Waals surface area contributed by atoms with Gasteiger partial charge in [-0.2, -0.15) is 0 Å². The summed E-state index contributed by atoms with van der Waals surface area (Å²) in [5.41, 5.74) is 0.155. The summed E-state index contributed by atoms with van der Waals surface area (Å²) in [6.45, 7) is -0.214. The van der Waals surface area contributed by atoms with E-state index in [1.165, 1.54) is 31.2 Å². The van der Waals surface area contributed by atoms with E-state index in [9.17, 15) is 22.4 Å². The van der Waals surface area contributed by atoms with Gasteiger partial charge in [0.15, 0.2) is 9.84 Å². The summed E-state index contributed by atoms with van der Waals surface area (Å²) in [7, 11) is -0.352. The molecule has 2 rings (SSSR count). The summed E-state index contributed by atoms with van der Waals surface area (Å²) < 4.78 is 41.3. The van der Waals surface area contributed by atoms with E-state index in [4.69, 9.17) is 0 Å². The number of nitrogens with zero attached hydrogens (tertiary/aromatic N) is 1. The Morgan fingerprint density at radius 2 is 2.12 bits per heavy atom. The maximum Gasteiger partial charge on any atom is 0.337 e. The number of ether oxygens (including phenoxy) is 1. The van der Waals surface area contributed by atoms with Gasteiger partial charge in [0.25, 0.3) is 0 Å². The lowest BCUT2D eigenvalue weighted by molar-refractivity contribution is -0.129. The number of likely N-dealkylation sites (N-methyl/N-ethyl adjacent to an activating group) is 1. The van der Waals surface area contributed by atoms with Crippen molar-refractivity contribution >= 4 is 27.4 Å². The van der Waals surface area contributed by atoms with E-state index >= 15 is 0 Å². The second-order valence-corrected chi connectivity index (χ2v) is 7.83. The normalized spacial score (nSPS) is 18.9. The maximum atomic E-state index is 13.8. The molecule has 1 amide bonds. The zero-order valence-electron chi connectivity index (χ0n) is 13.4. The highest BCUT2D eigenvalue weighted by atomic mass is 32.2. The van der Waals surface area contributed by atoms with Gasteiger partial charge in [0.05, 0.1) is 36.4 Å². The molecule has 0 radical (unpaired) electrons.